The highest BCUT2D eigenvalue weighted by Gasteiger charge is 2.15. The van der Waals surface area contributed by atoms with Gasteiger partial charge in [-0.2, -0.15) is 0 Å². The molecule has 0 saturated carbocycles. The fraction of sp³-hybridized carbons (Fsp3) is 0.971. The van der Waals surface area contributed by atoms with E-state index in [9.17, 15) is 4.79 Å². The third-order valence-corrected chi connectivity index (χ3v) is 5.64. The van der Waals surface area contributed by atoms with Crippen molar-refractivity contribution >= 4 is 5.97 Å². The molecule has 0 N–H and O–H groups in total. The van der Waals surface area contributed by atoms with Crippen LogP contribution in [0.2, 0.25) is 0 Å². The fourth-order valence-electron chi connectivity index (χ4n) is 3.41. The van der Waals surface area contributed by atoms with E-state index in [-0.39, 0.29) is 18.5 Å². The monoisotopic (exact) mass is 716 g/mol. The Kier molecular flexibility index (Phi) is 37.4. The van der Waals surface area contributed by atoms with E-state index in [2.05, 4.69) is 0 Å². The number of hydrogen-bond acceptors (Lipinski definition) is 15. The van der Waals surface area contributed by atoms with Crippen molar-refractivity contribution < 1.29 is 71.1 Å². The summed E-state index contributed by atoms with van der Waals surface area (Å²) in [6.45, 7) is 22.0. The van der Waals surface area contributed by atoms with Gasteiger partial charge in [-0.15, -0.1) is 0 Å². The van der Waals surface area contributed by atoms with Gasteiger partial charge in [-0.05, 0) is 34.6 Å². The van der Waals surface area contributed by atoms with E-state index in [1.807, 2.05) is 34.6 Å². The van der Waals surface area contributed by atoms with Crippen LogP contribution in [0.1, 0.15) is 41.0 Å². The van der Waals surface area contributed by atoms with E-state index in [4.69, 9.17) is 66.3 Å². The van der Waals surface area contributed by atoms with Crippen molar-refractivity contribution in [3.8, 4) is 0 Å². The predicted octanol–water partition coefficient (Wildman–Crippen LogP) is 2.34. The van der Waals surface area contributed by atoms with Gasteiger partial charge in [-0.3, -0.25) is 4.79 Å². The molecular formula is C34H68O15. The molecule has 0 saturated heterocycles. The van der Waals surface area contributed by atoms with Crippen LogP contribution in [0.25, 0.3) is 0 Å². The van der Waals surface area contributed by atoms with Crippen LogP contribution in [0.4, 0.5) is 0 Å². The molecule has 0 aromatic rings. The van der Waals surface area contributed by atoms with Gasteiger partial charge >= 0.3 is 5.97 Å². The van der Waals surface area contributed by atoms with E-state index >= 15 is 0 Å². The summed E-state index contributed by atoms with van der Waals surface area (Å²) in [5.74, 6) is -0.265. The van der Waals surface area contributed by atoms with Crippen molar-refractivity contribution in [2.24, 2.45) is 0 Å². The molecule has 0 bridgehead atoms. The van der Waals surface area contributed by atoms with Gasteiger partial charge in [-0.1, -0.05) is 0 Å². The van der Waals surface area contributed by atoms with Crippen molar-refractivity contribution in [2.45, 2.75) is 52.7 Å². The average molecular weight is 717 g/mol. The highest BCUT2D eigenvalue weighted by molar-refractivity contribution is 5.69. The Morgan fingerprint density at radius 2 is 0.571 bits per heavy atom. The van der Waals surface area contributed by atoms with E-state index in [0.717, 1.165) is 0 Å². The summed E-state index contributed by atoms with van der Waals surface area (Å²) >= 11 is 0. The van der Waals surface area contributed by atoms with E-state index < -0.39 is 5.60 Å². The Morgan fingerprint density at radius 1 is 0.367 bits per heavy atom. The molecule has 0 unspecified atom stereocenters. The minimum atomic E-state index is -0.475. The van der Waals surface area contributed by atoms with Crippen LogP contribution in [0.15, 0.2) is 0 Å². The molecule has 0 fully saturated rings. The van der Waals surface area contributed by atoms with Gasteiger partial charge in [0, 0.05) is 0 Å². The lowest BCUT2D eigenvalue weighted by atomic mass is 10.2. The molecule has 0 aliphatic heterocycles. The van der Waals surface area contributed by atoms with Crippen LogP contribution in [-0.4, -0.2) is 183 Å². The topological polar surface area (TPSA) is 146 Å². The summed E-state index contributed by atoms with van der Waals surface area (Å²) in [6, 6.07) is 0. The summed E-state index contributed by atoms with van der Waals surface area (Å²) in [5.41, 5.74) is -0.475. The number of ether oxygens (including phenoxy) is 14. The van der Waals surface area contributed by atoms with Gasteiger partial charge < -0.3 is 66.3 Å². The van der Waals surface area contributed by atoms with Gasteiger partial charge in [-0.25, -0.2) is 0 Å². The highest BCUT2D eigenvalue weighted by atomic mass is 16.6. The van der Waals surface area contributed by atoms with Gasteiger partial charge in [0.05, 0.1) is 178 Å². The summed E-state index contributed by atoms with van der Waals surface area (Å²) in [4.78, 5) is 11.6. The fourth-order valence-corrected chi connectivity index (χ4v) is 3.41. The third-order valence-electron chi connectivity index (χ3n) is 5.64. The SMILES string of the molecule is CC(C)OCCOCCOCCOCCOCCOCCOCCOCCOCCOCCOCCOCCOCCC(=O)OC(C)(C)C. The minimum Gasteiger partial charge on any atom is -0.460 e. The quantitative estimate of drug-likeness (QED) is 0.0675. The first-order chi connectivity index (χ1) is 23.8. The van der Waals surface area contributed by atoms with Crippen LogP contribution >= 0.6 is 0 Å². The Hall–Kier alpha value is -1.05. The van der Waals surface area contributed by atoms with Crippen molar-refractivity contribution in [3.63, 3.8) is 0 Å². The second kappa shape index (κ2) is 38.2. The maximum absolute atomic E-state index is 11.6. The zero-order chi connectivity index (χ0) is 35.9. The van der Waals surface area contributed by atoms with Crippen LogP contribution in [0.5, 0.6) is 0 Å². The first kappa shape index (κ1) is 48.0. The first-order valence-electron chi connectivity index (χ1n) is 17.6. The van der Waals surface area contributed by atoms with Crippen molar-refractivity contribution in [1.29, 1.82) is 0 Å². The zero-order valence-electron chi connectivity index (χ0n) is 31.1. The van der Waals surface area contributed by atoms with Gasteiger partial charge in [0.2, 0.25) is 0 Å². The van der Waals surface area contributed by atoms with Gasteiger partial charge in [0.25, 0.3) is 0 Å². The zero-order valence-corrected chi connectivity index (χ0v) is 31.1. The Labute approximate surface area is 295 Å². The van der Waals surface area contributed by atoms with E-state index in [0.29, 0.717) is 165 Å². The van der Waals surface area contributed by atoms with Crippen LogP contribution < -0.4 is 0 Å². The van der Waals surface area contributed by atoms with Crippen LogP contribution in [0, 0.1) is 0 Å². The lowest BCUT2D eigenvalue weighted by Crippen LogP contribution is -2.24. The Bertz CT molecular complexity index is 664. The standard InChI is InChI=1S/C34H68O15/c1-32(2)48-31-30-47-29-28-46-27-26-45-25-24-44-23-22-43-21-20-42-19-18-41-17-16-40-15-14-39-13-12-38-11-10-37-9-8-36-7-6-33(35)49-34(3,4)5/h32H,6-31H2,1-5H3. The first-order valence-corrected chi connectivity index (χ1v) is 17.6. The Morgan fingerprint density at radius 3 is 0.776 bits per heavy atom. The molecule has 294 valence electrons. The van der Waals surface area contributed by atoms with Crippen molar-refractivity contribution in [1.82, 2.24) is 0 Å². The second-order valence-corrected chi connectivity index (χ2v) is 11.6. The third kappa shape index (κ3) is 44.9. The van der Waals surface area contributed by atoms with Gasteiger partial charge in [0.15, 0.2) is 0 Å². The van der Waals surface area contributed by atoms with Crippen molar-refractivity contribution in [2.75, 3.05) is 165 Å². The normalized spacial score (nSPS) is 12.0. The summed E-state index contributed by atoms with van der Waals surface area (Å²) in [5, 5.41) is 0. The molecule has 0 amide bonds. The number of esters is 1. The molecule has 0 spiro atoms. The molecular weight excluding hydrogens is 648 g/mol. The van der Waals surface area contributed by atoms with Gasteiger partial charge in [0.1, 0.15) is 5.60 Å². The van der Waals surface area contributed by atoms with Crippen LogP contribution in [-0.2, 0) is 71.1 Å². The summed E-state index contributed by atoms with van der Waals surface area (Å²) in [6.07, 6.45) is 0.458. The molecule has 49 heavy (non-hydrogen) atoms. The maximum atomic E-state index is 11.6. The van der Waals surface area contributed by atoms with E-state index in [1.165, 1.54) is 0 Å². The lowest BCUT2D eigenvalue weighted by molar-refractivity contribution is -0.156. The van der Waals surface area contributed by atoms with Crippen LogP contribution in [0.3, 0.4) is 0 Å². The minimum absolute atomic E-state index is 0.227. The number of carbonyl (C=O) groups is 1. The summed E-state index contributed by atoms with van der Waals surface area (Å²) < 4.78 is 76.0. The largest absolute Gasteiger partial charge is 0.460 e. The average Bonchev–Trinajstić information content (AvgIpc) is 3.05. The molecule has 0 aliphatic rings. The smallest absolute Gasteiger partial charge is 0.308 e. The molecule has 15 nitrogen and oxygen atoms in total. The lowest BCUT2D eigenvalue weighted by Gasteiger charge is -2.19. The molecule has 0 aromatic heterocycles. The highest BCUT2D eigenvalue weighted by Crippen LogP contribution is 2.08. The molecule has 0 radical (unpaired) electrons. The number of hydrogen-bond donors (Lipinski definition) is 0. The summed E-state index contributed by atoms with van der Waals surface area (Å²) in [7, 11) is 0. The molecule has 0 heterocycles. The molecule has 15 heteroatoms. The maximum Gasteiger partial charge on any atom is 0.308 e. The molecule has 0 aliphatic carbocycles. The Balaban J connectivity index is 3.09. The second-order valence-electron chi connectivity index (χ2n) is 11.6. The van der Waals surface area contributed by atoms with E-state index in [1.54, 1.807) is 0 Å². The predicted molar refractivity (Wildman–Crippen MR) is 181 cm³/mol. The molecule has 0 rings (SSSR count). The molecule has 0 aromatic carbocycles. The molecule has 0 atom stereocenters. The number of carbonyl (C=O) groups excluding carboxylic acids is 1. The van der Waals surface area contributed by atoms with Crippen molar-refractivity contribution in [3.05, 3.63) is 0 Å². The number of rotatable bonds is 40.